The number of carbonyl (C=O) groups is 1. The zero-order valence-corrected chi connectivity index (χ0v) is 23.7. The molecule has 10 nitrogen and oxygen atoms in total. The Morgan fingerprint density at radius 3 is 2.60 bits per heavy atom. The van der Waals surface area contributed by atoms with Crippen molar-refractivity contribution in [3.63, 3.8) is 0 Å². The Morgan fingerprint density at radius 1 is 1.28 bits per heavy atom. The number of aliphatic imine (C=N–C) groups is 2. The highest BCUT2D eigenvalue weighted by Crippen LogP contribution is 2.50. The van der Waals surface area contributed by atoms with Crippen molar-refractivity contribution in [2.75, 3.05) is 19.6 Å². The van der Waals surface area contributed by atoms with Crippen molar-refractivity contribution in [2.45, 2.75) is 44.1 Å². The average Bonchev–Trinajstić information content (AvgIpc) is 3.88. The molecular weight excluding hydrogens is 561 g/mol. The smallest absolute Gasteiger partial charge is 0.405 e. The van der Waals surface area contributed by atoms with Gasteiger partial charge in [-0.05, 0) is 43.3 Å². The fourth-order valence-corrected chi connectivity index (χ4v) is 5.24. The molecule has 43 heavy (non-hydrogen) atoms. The molecule has 2 aliphatic heterocycles. The molecule has 1 aromatic rings. The van der Waals surface area contributed by atoms with Gasteiger partial charge in [-0.25, -0.2) is 4.99 Å². The van der Waals surface area contributed by atoms with Gasteiger partial charge in [0.15, 0.2) is 0 Å². The predicted octanol–water partition coefficient (Wildman–Crippen LogP) is 2.60. The molecule has 1 aromatic carbocycles. The first-order valence-corrected chi connectivity index (χ1v) is 13.9. The van der Waals surface area contributed by atoms with Gasteiger partial charge in [0, 0.05) is 66.4 Å². The lowest BCUT2D eigenvalue weighted by Gasteiger charge is -2.39. The van der Waals surface area contributed by atoms with Gasteiger partial charge in [0.25, 0.3) is 5.91 Å². The summed E-state index contributed by atoms with van der Waals surface area (Å²) in [7, 11) is 0. The lowest BCUT2D eigenvalue weighted by Crippen LogP contribution is -2.58. The molecular formula is C30H35F3N8O2. The maximum Gasteiger partial charge on any atom is 0.416 e. The first-order chi connectivity index (χ1) is 20.3. The first kappa shape index (κ1) is 30.3. The number of nitrogens with two attached hydrogens (primary N) is 2. The summed E-state index contributed by atoms with van der Waals surface area (Å²) in [5, 5.41) is 20.0. The van der Waals surface area contributed by atoms with Gasteiger partial charge in [-0.3, -0.25) is 14.7 Å². The van der Waals surface area contributed by atoms with Crippen molar-refractivity contribution in [3.05, 3.63) is 89.7 Å². The van der Waals surface area contributed by atoms with E-state index in [2.05, 4.69) is 39.3 Å². The minimum Gasteiger partial charge on any atom is -0.405 e. The number of hydrogen-bond donors (Lipinski definition) is 6. The van der Waals surface area contributed by atoms with Gasteiger partial charge in [-0.1, -0.05) is 25.6 Å². The van der Waals surface area contributed by atoms with Gasteiger partial charge in [-0.15, -0.1) is 0 Å². The largest absolute Gasteiger partial charge is 0.416 e. The number of rotatable bonds is 8. The Balaban J connectivity index is 1.36. The SMILES string of the molecule is C=C(/C=C(\C=C/N)C(F)(F)F)NC(=O)c1ccc(/C(N=C2C[C@@]23CN(C(O)C2(C)CC2)CCN3)=C2/NC=CN=C2N)cc1. The third kappa shape index (κ3) is 6.58. The van der Waals surface area contributed by atoms with Gasteiger partial charge in [-0.2, -0.15) is 13.2 Å². The van der Waals surface area contributed by atoms with Crippen LogP contribution < -0.4 is 27.4 Å². The molecule has 1 amide bonds. The minimum atomic E-state index is -4.66. The molecule has 8 N–H and O–H groups in total. The standard InChI is InChI=1S/C30H35F3N8O2/c1-18(15-21(7-10-34)30(31,32)33)39-26(42)20-5-3-19(4-6-20)23(24-25(35)37-12-11-36-24)40-22-16-29(22)17-41(14-13-38-29)27(43)28(2)8-9-28/h3-7,10-12,15,27,36,38,43H,1,8-9,13-14,16-17,34H2,2H3,(H2,35,37)(H,39,42)/b10-7-,21-15+,24-23-,40-22?/t27?,29-/m1/s1. The lowest BCUT2D eigenvalue weighted by atomic mass is 10.0. The van der Waals surface area contributed by atoms with Crippen LogP contribution in [0.15, 0.2) is 88.5 Å². The number of aliphatic hydroxyl groups excluding tert-OH is 1. The van der Waals surface area contributed by atoms with E-state index in [0.29, 0.717) is 42.1 Å². The van der Waals surface area contributed by atoms with Crippen LogP contribution in [-0.2, 0) is 0 Å². The molecule has 2 heterocycles. The number of aliphatic hydroxyl groups is 1. The van der Waals surface area contributed by atoms with E-state index in [4.69, 9.17) is 16.5 Å². The number of halogens is 3. The fourth-order valence-electron chi connectivity index (χ4n) is 5.24. The predicted molar refractivity (Wildman–Crippen MR) is 159 cm³/mol. The van der Waals surface area contributed by atoms with E-state index in [1.165, 1.54) is 18.3 Å². The van der Waals surface area contributed by atoms with E-state index in [-0.39, 0.29) is 28.1 Å². The summed E-state index contributed by atoms with van der Waals surface area (Å²) in [6.45, 7) is 7.72. The second-order valence-corrected chi connectivity index (χ2v) is 11.5. The second kappa shape index (κ2) is 11.5. The monoisotopic (exact) mass is 596 g/mol. The number of amidine groups is 1. The molecule has 5 rings (SSSR count). The van der Waals surface area contributed by atoms with Gasteiger partial charge in [0.2, 0.25) is 0 Å². The Labute approximate surface area is 247 Å². The molecule has 0 aromatic heterocycles. The molecule has 1 spiro atoms. The van der Waals surface area contributed by atoms with E-state index >= 15 is 0 Å². The van der Waals surface area contributed by atoms with Crippen LogP contribution in [0.4, 0.5) is 13.2 Å². The topological polar surface area (TPSA) is 153 Å². The quantitative estimate of drug-likeness (QED) is 0.252. The van der Waals surface area contributed by atoms with Crippen LogP contribution in [-0.4, -0.2) is 65.0 Å². The highest BCUT2D eigenvalue weighted by Gasteiger charge is 2.56. The summed E-state index contributed by atoms with van der Waals surface area (Å²) >= 11 is 0. The summed E-state index contributed by atoms with van der Waals surface area (Å²) in [6, 6.07) is 6.43. The second-order valence-electron chi connectivity index (χ2n) is 11.5. The Morgan fingerprint density at radius 2 is 1.98 bits per heavy atom. The molecule has 2 saturated carbocycles. The van der Waals surface area contributed by atoms with E-state index in [9.17, 15) is 23.1 Å². The molecule has 1 unspecified atom stereocenters. The van der Waals surface area contributed by atoms with E-state index in [0.717, 1.165) is 37.8 Å². The molecule has 0 bridgehead atoms. The first-order valence-electron chi connectivity index (χ1n) is 13.9. The lowest BCUT2D eigenvalue weighted by molar-refractivity contribution is -0.0882. The summed E-state index contributed by atoms with van der Waals surface area (Å²) in [5.41, 5.74) is 12.4. The maximum absolute atomic E-state index is 13.2. The zero-order valence-electron chi connectivity index (χ0n) is 23.7. The number of amides is 1. The van der Waals surface area contributed by atoms with E-state index < -0.39 is 23.9 Å². The van der Waals surface area contributed by atoms with Crippen molar-refractivity contribution in [2.24, 2.45) is 26.9 Å². The molecule has 1 saturated heterocycles. The number of allylic oxidation sites excluding steroid dienone is 3. The van der Waals surface area contributed by atoms with Gasteiger partial charge < -0.3 is 32.5 Å². The summed E-state index contributed by atoms with van der Waals surface area (Å²) in [6.07, 6.45) is 2.89. The van der Waals surface area contributed by atoms with Gasteiger partial charge >= 0.3 is 6.18 Å². The number of hydrogen-bond acceptors (Lipinski definition) is 9. The number of benzene rings is 1. The maximum atomic E-state index is 13.2. The Bertz CT molecular complexity index is 1490. The molecule has 4 aliphatic rings. The van der Waals surface area contributed by atoms with Crippen molar-refractivity contribution in [1.82, 2.24) is 20.9 Å². The van der Waals surface area contributed by atoms with E-state index in [1.54, 1.807) is 18.3 Å². The van der Waals surface area contributed by atoms with Crippen LogP contribution in [0.2, 0.25) is 0 Å². The number of alkyl halides is 3. The van der Waals surface area contributed by atoms with Crippen LogP contribution >= 0.6 is 0 Å². The van der Waals surface area contributed by atoms with Crippen LogP contribution in [0.5, 0.6) is 0 Å². The van der Waals surface area contributed by atoms with Crippen molar-refractivity contribution in [1.29, 1.82) is 0 Å². The van der Waals surface area contributed by atoms with Gasteiger partial charge in [0.1, 0.15) is 17.8 Å². The van der Waals surface area contributed by atoms with Crippen LogP contribution in [0.1, 0.15) is 42.1 Å². The zero-order chi connectivity index (χ0) is 31.0. The molecule has 2 aliphatic carbocycles. The Kier molecular flexibility index (Phi) is 8.07. The molecule has 3 fully saturated rings. The summed E-state index contributed by atoms with van der Waals surface area (Å²) < 4.78 is 39.5. The fraction of sp³-hybridized carbons (Fsp3) is 0.367. The van der Waals surface area contributed by atoms with Gasteiger partial charge in [0.05, 0.1) is 16.8 Å². The highest BCUT2D eigenvalue weighted by atomic mass is 19.4. The number of nitrogens with zero attached hydrogens (tertiary/aromatic N) is 3. The van der Waals surface area contributed by atoms with Crippen LogP contribution in [0, 0.1) is 5.41 Å². The van der Waals surface area contributed by atoms with Crippen molar-refractivity contribution >= 4 is 23.2 Å². The highest BCUT2D eigenvalue weighted by molar-refractivity contribution is 6.14. The third-order valence-electron chi connectivity index (χ3n) is 8.12. The number of piperazine rings is 1. The normalized spacial score (nSPS) is 26.2. The third-order valence-corrected chi connectivity index (χ3v) is 8.12. The molecule has 2 atom stereocenters. The van der Waals surface area contributed by atoms with Crippen LogP contribution in [0.3, 0.4) is 0 Å². The number of carbonyl (C=O) groups excluding carboxylic acids is 1. The molecule has 13 heteroatoms. The molecule has 0 radical (unpaired) electrons. The number of nitrogens with one attached hydrogen (secondary N) is 3. The van der Waals surface area contributed by atoms with Crippen molar-refractivity contribution < 1.29 is 23.1 Å². The van der Waals surface area contributed by atoms with E-state index in [1.807, 2.05) is 0 Å². The Hall–Kier alpha value is -4.20. The minimum absolute atomic E-state index is 0.0556. The molecule has 228 valence electrons. The average molecular weight is 597 g/mol. The van der Waals surface area contributed by atoms with Crippen LogP contribution in [0.25, 0.3) is 5.70 Å². The van der Waals surface area contributed by atoms with Crippen molar-refractivity contribution in [3.8, 4) is 0 Å². The summed E-state index contributed by atoms with van der Waals surface area (Å²) in [4.78, 5) is 24.1. The summed E-state index contributed by atoms with van der Waals surface area (Å²) in [5.74, 6) is -0.398.